The Bertz CT molecular complexity index is 1130. The van der Waals surface area contributed by atoms with Crippen molar-refractivity contribution in [3.05, 3.63) is 91.7 Å². The van der Waals surface area contributed by atoms with Crippen LogP contribution in [0.5, 0.6) is 11.5 Å². The average molecular weight is 520 g/mol. The Balaban J connectivity index is 2.11. The van der Waals surface area contributed by atoms with E-state index in [9.17, 15) is 0 Å². The second-order valence-corrected chi connectivity index (χ2v) is 14.5. The average Bonchev–Trinajstić information content (AvgIpc) is 3.57. The van der Waals surface area contributed by atoms with E-state index in [0.29, 0.717) is 33.4 Å². The van der Waals surface area contributed by atoms with Crippen LogP contribution in [0.4, 0.5) is 17.6 Å². The normalized spacial score (nSPS) is 14.9. The van der Waals surface area contributed by atoms with Crippen LogP contribution in [0, 0.1) is 23.3 Å². The van der Waals surface area contributed by atoms with Crippen molar-refractivity contribution in [2.75, 3.05) is 13.2 Å². The molecule has 2 aliphatic rings. The van der Waals surface area contributed by atoms with Crippen LogP contribution in [-0.4, -0.2) is 13.2 Å². The minimum atomic E-state index is -4.83. The molecule has 2 aliphatic carbocycles. The molecule has 0 aromatic heterocycles. The molecule has 0 saturated carbocycles. The van der Waals surface area contributed by atoms with E-state index < -0.39 is 39.9 Å². The molecule has 7 heteroatoms. The van der Waals surface area contributed by atoms with Gasteiger partial charge in [0.15, 0.2) is 0 Å². The number of benzene rings is 2. The van der Waals surface area contributed by atoms with E-state index in [1.54, 1.807) is 24.3 Å². The zero-order valence-corrected chi connectivity index (χ0v) is 21.4. The number of ether oxygens (including phenoxy) is 2. The number of rotatable bonds is 10. The third-order valence-electron chi connectivity index (χ3n) is 6.29. The van der Waals surface area contributed by atoms with E-state index in [-0.39, 0.29) is 32.4 Å². The molecule has 0 saturated heterocycles. The molecule has 0 radical (unpaired) electrons. The van der Waals surface area contributed by atoms with E-state index in [0.717, 1.165) is 12.1 Å². The van der Waals surface area contributed by atoms with Crippen molar-refractivity contribution in [1.29, 1.82) is 0 Å². The van der Waals surface area contributed by atoms with E-state index in [1.807, 2.05) is 26.0 Å². The zero-order chi connectivity index (χ0) is 25.0. The first-order chi connectivity index (χ1) is 17.0. The molecule has 0 spiro atoms. The summed E-state index contributed by atoms with van der Waals surface area (Å²) in [6.45, 7) is 4.22. The first-order valence-electron chi connectivity index (χ1n) is 11.9. The van der Waals surface area contributed by atoms with Gasteiger partial charge in [0.05, 0.1) is 0 Å². The summed E-state index contributed by atoms with van der Waals surface area (Å²) in [5, 5.41) is 0. The van der Waals surface area contributed by atoms with E-state index >= 15 is 17.6 Å². The van der Waals surface area contributed by atoms with Crippen LogP contribution in [0.1, 0.15) is 39.5 Å². The van der Waals surface area contributed by atoms with Crippen molar-refractivity contribution in [1.82, 2.24) is 0 Å². The predicted molar refractivity (Wildman–Crippen MR) is 127 cm³/mol. The third kappa shape index (κ3) is 4.54. The van der Waals surface area contributed by atoms with Crippen LogP contribution in [0.25, 0.3) is 0 Å². The second-order valence-electron chi connectivity index (χ2n) is 8.56. The molecule has 0 heterocycles. The molecular weight excluding hydrogens is 492 g/mol. The summed E-state index contributed by atoms with van der Waals surface area (Å²) in [6.07, 6.45) is 12.7. The van der Waals surface area contributed by atoms with Gasteiger partial charge in [-0.15, -0.1) is 0 Å². The van der Waals surface area contributed by atoms with E-state index in [4.69, 9.17) is 9.47 Å². The van der Waals surface area contributed by atoms with Crippen LogP contribution in [0.2, 0.25) is 0 Å². The Hall–Kier alpha value is -2.57. The van der Waals surface area contributed by atoms with Crippen LogP contribution in [0.15, 0.2) is 68.5 Å². The Morgan fingerprint density at radius 1 is 0.686 bits per heavy atom. The SMILES string of the molecule is CCCOc1ccc(F)[c]([Ti]([C]2=CC=CC2)([C]2=CC=CC2)[c]2c(F)ccc(OCCC)c2F)c1F. The minimum absolute atomic E-state index is 0.115. The van der Waals surface area contributed by atoms with E-state index in [1.165, 1.54) is 12.1 Å². The molecule has 0 fully saturated rings. The van der Waals surface area contributed by atoms with Gasteiger partial charge in [-0.25, -0.2) is 0 Å². The summed E-state index contributed by atoms with van der Waals surface area (Å²) in [5.41, 5.74) is 0. The van der Waals surface area contributed by atoms with Gasteiger partial charge in [0.25, 0.3) is 0 Å². The number of hydrogen-bond donors (Lipinski definition) is 0. The molecule has 0 amide bonds. The van der Waals surface area contributed by atoms with Crippen LogP contribution in [0.3, 0.4) is 0 Å². The fourth-order valence-corrected chi connectivity index (χ4v) is 13.1. The Morgan fingerprint density at radius 3 is 1.46 bits per heavy atom. The predicted octanol–water partition coefficient (Wildman–Crippen LogP) is 6.61. The zero-order valence-electron chi connectivity index (χ0n) is 19.8. The Labute approximate surface area is 207 Å². The van der Waals surface area contributed by atoms with Crippen molar-refractivity contribution in [2.24, 2.45) is 0 Å². The summed E-state index contributed by atoms with van der Waals surface area (Å²) in [4.78, 5) is 0. The molecule has 4 rings (SSSR count). The van der Waals surface area contributed by atoms with Crippen molar-refractivity contribution in [3.8, 4) is 11.5 Å². The first-order valence-corrected chi connectivity index (χ1v) is 15.0. The molecule has 0 aliphatic heterocycles. The van der Waals surface area contributed by atoms with Gasteiger partial charge in [-0.3, -0.25) is 0 Å². The summed E-state index contributed by atoms with van der Waals surface area (Å²) >= 11 is -4.83. The number of halogens is 4. The van der Waals surface area contributed by atoms with Crippen molar-refractivity contribution < 1.29 is 43.6 Å². The molecule has 35 heavy (non-hydrogen) atoms. The fraction of sp³-hybridized carbons (Fsp3) is 0.286. The van der Waals surface area contributed by atoms with Gasteiger partial charge < -0.3 is 0 Å². The van der Waals surface area contributed by atoms with E-state index in [2.05, 4.69) is 0 Å². The Morgan fingerprint density at radius 2 is 1.11 bits per heavy atom. The van der Waals surface area contributed by atoms with Gasteiger partial charge in [0, 0.05) is 0 Å². The molecule has 0 bridgehead atoms. The summed E-state index contributed by atoms with van der Waals surface area (Å²) in [6, 6.07) is 4.77. The molecular formula is C28H28F4O2Ti. The third-order valence-corrected chi connectivity index (χ3v) is 14.2. The van der Waals surface area contributed by atoms with Crippen molar-refractivity contribution in [2.45, 2.75) is 39.5 Å². The summed E-state index contributed by atoms with van der Waals surface area (Å²) in [5.74, 6) is -3.67. The molecule has 184 valence electrons. The molecule has 2 nitrogen and oxygen atoms in total. The monoisotopic (exact) mass is 520 g/mol. The van der Waals surface area contributed by atoms with Crippen molar-refractivity contribution >= 4 is 7.74 Å². The first kappa shape index (κ1) is 25.5. The van der Waals surface area contributed by atoms with Gasteiger partial charge in [0.2, 0.25) is 0 Å². The fourth-order valence-electron chi connectivity index (χ4n) is 4.83. The van der Waals surface area contributed by atoms with Crippen molar-refractivity contribution in [3.63, 3.8) is 0 Å². The quantitative estimate of drug-likeness (QED) is 0.259. The van der Waals surface area contributed by atoms with Gasteiger partial charge in [-0.05, 0) is 0 Å². The molecule has 2 aromatic carbocycles. The topological polar surface area (TPSA) is 18.5 Å². The number of allylic oxidation sites excluding steroid dienone is 8. The second kappa shape index (κ2) is 11.0. The van der Waals surface area contributed by atoms with Crippen LogP contribution >= 0.6 is 0 Å². The molecule has 0 unspecified atom stereocenters. The standard InChI is InChI=1S/2C9H9F2O.2C5H5.Ti/c2*1-2-5-12-9-4-3-7(10)6-8(9)11;2*1-2-4-5-3-1;/h2*3-4H,2,5H2,1H3;2*1-3H,4H2;. The van der Waals surface area contributed by atoms with Gasteiger partial charge >= 0.3 is 207 Å². The van der Waals surface area contributed by atoms with Gasteiger partial charge in [-0.1, -0.05) is 0 Å². The Kier molecular flexibility index (Phi) is 8.03. The maximum absolute atomic E-state index is 16.2. The van der Waals surface area contributed by atoms with Gasteiger partial charge in [-0.2, -0.15) is 0 Å². The number of hydrogen-bond acceptors (Lipinski definition) is 2. The van der Waals surface area contributed by atoms with Crippen LogP contribution < -0.4 is 17.2 Å². The molecule has 0 atom stereocenters. The molecule has 2 aromatic rings. The van der Waals surface area contributed by atoms with Crippen LogP contribution in [-0.2, 0) is 16.6 Å². The summed E-state index contributed by atoms with van der Waals surface area (Å²) in [7, 11) is 0. The van der Waals surface area contributed by atoms with Gasteiger partial charge in [0.1, 0.15) is 0 Å². The maximum atomic E-state index is 16.2. The molecule has 0 N–H and O–H groups in total. The summed E-state index contributed by atoms with van der Waals surface area (Å²) < 4.78 is 75.9.